The molecule has 0 radical (unpaired) electrons. The first-order chi connectivity index (χ1) is 12.4. The predicted molar refractivity (Wildman–Crippen MR) is 101 cm³/mol. The van der Waals surface area contributed by atoms with Gasteiger partial charge in [0.1, 0.15) is 6.04 Å². The Morgan fingerprint density at radius 3 is 2.31 bits per heavy atom. The van der Waals surface area contributed by atoms with Gasteiger partial charge >= 0.3 is 11.9 Å². The van der Waals surface area contributed by atoms with E-state index in [1.807, 2.05) is 50.2 Å². The second-order valence-corrected chi connectivity index (χ2v) is 6.25. The summed E-state index contributed by atoms with van der Waals surface area (Å²) >= 11 is 0. The Morgan fingerprint density at radius 1 is 1.04 bits per heavy atom. The number of esters is 2. The number of hydrogen-bond acceptors (Lipinski definition) is 5. The van der Waals surface area contributed by atoms with Crippen LogP contribution in [0.3, 0.4) is 0 Å². The van der Waals surface area contributed by atoms with Crippen LogP contribution in [0.4, 0.5) is 0 Å². The fraction of sp³-hybridized carbons (Fsp3) is 0.333. The molecular weight excluding hydrogens is 330 g/mol. The van der Waals surface area contributed by atoms with Crippen LogP contribution in [-0.4, -0.2) is 30.7 Å². The Morgan fingerprint density at radius 2 is 1.69 bits per heavy atom. The maximum Gasteiger partial charge on any atom is 0.338 e. The van der Waals surface area contributed by atoms with Crippen molar-refractivity contribution in [2.45, 2.75) is 39.3 Å². The number of hydrogen-bond donors (Lipinski definition) is 1. The van der Waals surface area contributed by atoms with E-state index in [-0.39, 0.29) is 12.1 Å². The molecule has 0 aliphatic carbocycles. The number of ether oxygens (including phenoxy) is 2. The molecule has 0 aliphatic heterocycles. The number of carbonyl (C=O) groups excluding carboxylic acids is 2. The van der Waals surface area contributed by atoms with Crippen LogP contribution in [0.15, 0.2) is 48.5 Å². The third-order valence-electron chi connectivity index (χ3n) is 3.82. The van der Waals surface area contributed by atoms with Gasteiger partial charge < -0.3 is 15.2 Å². The monoisotopic (exact) mass is 355 g/mol. The fourth-order valence-corrected chi connectivity index (χ4v) is 2.62. The smallest absolute Gasteiger partial charge is 0.338 e. The van der Waals surface area contributed by atoms with Gasteiger partial charge in [-0.15, -0.1) is 0 Å². The van der Waals surface area contributed by atoms with Crippen molar-refractivity contribution < 1.29 is 19.1 Å². The van der Waals surface area contributed by atoms with E-state index in [9.17, 15) is 9.59 Å². The Bertz CT molecular complexity index is 753. The van der Waals surface area contributed by atoms with Gasteiger partial charge in [0, 0.05) is 0 Å². The van der Waals surface area contributed by atoms with Crippen molar-refractivity contribution in [1.82, 2.24) is 0 Å². The van der Waals surface area contributed by atoms with Gasteiger partial charge in [-0.1, -0.05) is 36.4 Å². The van der Waals surface area contributed by atoms with Gasteiger partial charge in [-0.05, 0) is 56.0 Å². The standard InChI is InChI=1S/C21H25NO4/c1-4-25-21(24)19(22)13-17-7-5-6-8-18(17)15-9-11-16(12-10-15)20(23)26-14(2)3/h5-12,14,19H,4,13,22H2,1-3H3. The minimum absolute atomic E-state index is 0.160. The minimum Gasteiger partial charge on any atom is -0.465 e. The number of carbonyl (C=O) groups is 2. The minimum atomic E-state index is -0.712. The molecule has 1 unspecified atom stereocenters. The number of nitrogens with two attached hydrogens (primary N) is 1. The van der Waals surface area contributed by atoms with Gasteiger partial charge in [-0.2, -0.15) is 0 Å². The first-order valence-electron chi connectivity index (χ1n) is 8.74. The highest BCUT2D eigenvalue weighted by Crippen LogP contribution is 2.25. The average Bonchev–Trinajstić information content (AvgIpc) is 2.62. The molecule has 0 heterocycles. The van der Waals surface area contributed by atoms with Crippen LogP contribution in [0.1, 0.15) is 36.7 Å². The van der Waals surface area contributed by atoms with Crippen molar-refractivity contribution >= 4 is 11.9 Å². The molecule has 2 N–H and O–H groups in total. The van der Waals surface area contributed by atoms with E-state index in [0.29, 0.717) is 18.6 Å². The molecule has 0 bridgehead atoms. The molecule has 26 heavy (non-hydrogen) atoms. The highest BCUT2D eigenvalue weighted by Gasteiger charge is 2.17. The largest absolute Gasteiger partial charge is 0.465 e. The summed E-state index contributed by atoms with van der Waals surface area (Å²) < 4.78 is 10.2. The van der Waals surface area contributed by atoms with Crippen molar-refractivity contribution in [3.8, 4) is 11.1 Å². The first-order valence-corrected chi connectivity index (χ1v) is 8.74. The molecule has 1 atom stereocenters. The molecule has 0 amide bonds. The summed E-state index contributed by atoms with van der Waals surface area (Å²) in [5.41, 5.74) is 9.32. The zero-order valence-corrected chi connectivity index (χ0v) is 15.4. The highest BCUT2D eigenvalue weighted by atomic mass is 16.5. The van der Waals surface area contributed by atoms with Crippen LogP contribution in [0, 0.1) is 0 Å². The van der Waals surface area contributed by atoms with Crippen LogP contribution in [0.5, 0.6) is 0 Å². The molecule has 0 spiro atoms. The Hall–Kier alpha value is -2.66. The molecule has 0 fully saturated rings. The van der Waals surface area contributed by atoms with E-state index in [2.05, 4.69) is 0 Å². The summed E-state index contributed by atoms with van der Waals surface area (Å²) in [4.78, 5) is 23.8. The average molecular weight is 355 g/mol. The van der Waals surface area contributed by atoms with Crippen LogP contribution < -0.4 is 5.73 Å². The second kappa shape index (κ2) is 9.15. The van der Waals surface area contributed by atoms with Gasteiger partial charge in [-0.3, -0.25) is 4.79 Å². The lowest BCUT2D eigenvalue weighted by Crippen LogP contribution is -2.34. The summed E-state index contributed by atoms with van der Waals surface area (Å²) in [5, 5.41) is 0. The van der Waals surface area contributed by atoms with E-state index >= 15 is 0 Å². The van der Waals surface area contributed by atoms with Gasteiger partial charge in [0.2, 0.25) is 0 Å². The predicted octanol–water partition coefficient (Wildman–Crippen LogP) is 3.35. The zero-order valence-electron chi connectivity index (χ0n) is 15.4. The maximum absolute atomic E-state index is 12.0. The van der Waals surface area contributed by atoms with Gasteiger partial charge in [0.15, 0.2) is 0 Å². The van der Waals surface area contributed by atoms with E-state index in [0.717, 1.165) is 16.7 Å². The molecule has 0 saturated heterocycles. The molecule has 138 valence electrons. The zero-order chi connectivity index (χ0) is 19.1. The lowest BCUT2D eigenvalue weighted by molar-refractivity contribution is -0.144. The third-order valence-corrected chi connectivity index (χ3v) is 3.82. The second-order valence-electron chi connectivity index (χ2n) is 6.25. The van der Waals surface area contributed by atoms with Crippen molar-refractivity contribution in [1.29, 1.82) is 0 Å². The van der Waals surface area contributed by atoms with Crippen LogP contribution >= 0.6 is 0 Å². The van der Waals surface area contributed by atoms with Crippen molar-refractivity contribution in [2.24, 2.45) is 5.73 Å². The van der Waals surface area contributed by atoms with Crippen LogP contribution in [-0.2, 0) is 20.7 Å². The molecule has 0 aromatic heterocycles. The number of rotatable bonds is 7. The van der Waals surface area contributed by atoms with Crippen LogP contribution in [0.2, 0.25) is 0 Å². The normalized spacial score (nSPS) is 11.9. The molecule has 5 nitrogen and oxygen atoms in total. The first kappa shape index (κ1) is 19.7. The molecule has 5 heteroatoms. The summed E-state index contributed by atoms with van der Waals surface area (Å²) in [6.45, 7) is 5.69. The van der Waals surface area contributed by atoms with Crippen molar-refractivity contribution in [3.63, 3.8) is 0 Å². The van der Waals surface area contributed by atoms with Gasteiger partial charge in [0.05, 0.1) is 18.3 Å². The van der Waals surface area contributed by atoms with Gasteiger partial charge in [0.25, 0.3) is 0 Å². The van der Waals surface area contributed by atoms with E-state index in [4.69, 9.17) is 15.2 Å². The Kier molecular flexibility index (Phi) is 6.92. The Labute approximate surface area is 154 Å². The lowest BCUT2D eigenvalue weighted by Gasteiger charge is -2.14. The third kappa shape index (κ3) is 5.17. The topological polar surface area (TPSA) is 78.6 Å². The summed E-state index contributed by atoms with van der Waals surface area (Å²) in [5.74, 6) is -0.752. The SMILES string of the molecule is CCOC(=O)C(N)Cc1ccccc1-c1ccc(C(=O)OC(C)C)cc1. The highest BCUT2D eigenvalue weighted by molar-refractivity contribution is 5.90. The lowest BCUT2D eigenvalue weighted by atomic mass is 9.95. The molecule has 2 aromatic rings. The quantitative estimate of drug-likeness (QED) is 0.771. The van der Waals surface area contributed by atoms with E-state index in [1.54, 1.807) is 19.1 Å². The summed E-state index contributed by atoms with van der Waals surface area (Å²) in [6.07, 6.45) is 0.221. The van der Waals surface area contributed by atoms with E-state index in [1.165, 1.54) is 0 Å². The van der Waals surface area contributed by atoms with Gasteiger partial charge in [-0.25, -0.2) is 4.79 Å². The summed E-state index contributed by atoms with van der Waals surface area (Å²) in [7, 11) is 0. The molecule has 2 rings (SSSR count). The maximum atomic E-state index is 12.0. The molecule has 2 aromatic carbocycles. The number of benzene rings is 2. The van der Waals surface area contributed by atoms with E-state index < -0.39 is 12.0 Å². The summed E-state index contributed by atoms with van der Waals surface area (Å²) in [6, 6.07) is 14.2. The Balaban J connectivity index is 2.21. The molecule has 0 aliphatic rings. The molecular formula is C21H25NO4. The van der Waals surface area contributed by atoms with Crippen molar-refractivity contribution in [3.05, 3.63) is 59.7 Å². The molecule has 0 saturated carbocycles. The fourth-order valence-electron chi connectivity index (χ4n) is 2.62. The van der Waals surface area contributed by atoms with Crippen molar-refractivity contribution in [2.75, 3.05) is 6.61 Å². The van der Waals surface area contributed by atoms with Crippen LogP contribution in [0.25, 0.3) is 11.1 Å².